The molecule has 0 atom stereocenters. The lowest BCUT2D eigenvalue weighted by Crippen LogP contribution is -2.28. The molecule has 0 saturated carbocycles. The van der Waals surface area contributed by atoms with E-state index in [1.165, 1.54) is 32.1 Å². The van der Waals surface area contributed by atoms with Crippen LogP contribution < -0.4 is 0 Å². The Labute approximate surface area is 87.4 Å². The standard InChI is InChI=1S/C11H24Si2/c1-5-6-7-8-9-10-11-12-13(2,3)4/h10-11H,5-9H2,1-4H3/b11-10+. The van der Waals surface area contributed by atoms with Crippen LogP contribution in [0.5, 0.6) is 0 Å². The summed E-state index contributed by atoms with van der Waals surface area (Å²) in [6.07, 6.45) is 9.26. The second kappa shape index (κ2) is 7.57. The fraction of sp³-hybridized carbons (Fsp3) is 0.818. The van der Waals surface area contributed by atoms with E-state index in [0.717, 1.165) is 9.04 Å². The lowest BCUT2D eigenvalue weighted by atomic mass is 10.2. The Morgan fingerprint density at radius 2 is 1.77 bits per heavy atom. The molecule has 0 heterocycles. The zero-order chi connectivity index (χ0) is 10.2. The van der Waals surface area contributed by atoms with Gasteiger partial charge >= 0.3 is 0 Å². The Balaban J connectivity index is 3.22. The summed E-state index contributed by atoms with van der Waals surface area (Å²) in [5, 5.41) is 0. The van der Waals surface area contributed by atoms with Crippen LogP contribution in [0.1, 0.15) is 39.0 Å². The van der Waals surface area contributed by atoms with E-state index in [9.17, 15) is 0 Å². The molecule has 0 saturated heterocycles. The van der Waals surface area contributed by atoms with Gasteiger partial charge in [0.15, 0.2) is 0 Å². The van der Waals surface area contributed by atoms with Gasteiger partial charge in [-0.3, -0.25) is 0 Å². The van der Waals surface area contributed by atoms with Crippen LogP contribution in [-0.4, -0.2) is 16.6 Å². The minimum atomic E-state index is -0.792. The maximum Gasteiger partial charge on any atom is 0.0598 e. The first kappa shape index (κ1) is 13.2. The molecule has 13 heavy (non-hydrogen) atoms. The molecule has 0 bridgehead atoms. The van der Waals surface area contributed by atoms with Crippen molar-refractivity contribution in [3.8, 4) is 0 Å². The van der Waals surface area contributed by atoms with Crippen LogP contribution >= 0.6 is 0 Å². The molecular formula is C11H24Si2. The first-order chi connectivity index (χ1) is 6.06. The summed E-state index contributed by atoms with van der Waals surface area (Å²) in [6, 6.07) is 0. The quantitative estimate of drug-likeness (QED) is 0.442. The molecule has 0 aromatic rings. The van der Waals surface area contributed by atoms with Crippen molar-refractivity contribution in [2.75, 3.05) is 0 Å². The third-order valence-corrected chi connectivity index (χ3v) is 6.23. The predicted octanol–water partition coefficient (Wildman–Crippen LogP) is 4.01. The van der Waals surface area contributed by atoms with E-state index >= 15 is 0 Å². The molecule has 2 radical (unpaired) electrons. The van der Waals surface area contributed by atoms with E-state index in [2.05, 4.69) is 38.3 Å². The molecule has 0 aliphatic rings. The summed E-state index contributed by atoms with van der Waals surface area (Å²) in [7, 11) is 0.320. The average Bonchev–Trinajstić information content (AvgIpc) is 2.01. The Morgan fingerprint density at radius 3 is 2.31 bits per heavy atom. The van der Waals surface area contributed by atoms with Crippen molar-refractivity contribution in [3.05, 3.63) is 11.8 Å². The molecule has 0 amide bonds. The molecule has 0 N–H and O–H groups in total. The molecular weight excluding hydrogens is 188 g/mol. The summed E-state index contributed by atoms with van der Waals surface area (Å²) < 4.78 is 0. The Bertz CT molecular complexity index is 134. The van der Waals surface area contributed by atoms with Crippen LogP contribution in [0.25, 0.3) is 0 Å². The van der Waals surface area contributed by atoms with Crippen LogP contribution in [-0.2, 0) is 0 Å². The molecule has 0 aliphatic heterocycles. The van der Waals surface area contributed by atoms with Crippen molar-refractivity contribution in [1.29, 1.82) is 0 Å². The maximum atomic E-state index is 2.44. The van der Waals surface area contributed by atoms with E-state index in [-0.39, 0.29) is 0 Å². The molecule has 76 valence electrons. The topological polar surface area (TPSA) is 0 Å². The van der Waals surface area contributed by atoms with Crippen molar-refractivity contribution in [1.82, 2.24) is 0 Å². The number of rotatable bonds is 7. The monoisotopic (exact) mass is 212 g/mol. The highest BCUT2D eigenvalue weighted by Crippen LogP contribution is 2.03. The molecule has 0 aromatic heterocycles. The highest BCUT2D eigenvalue weighted by Gasteiger charge is 2.10. The zero-order valence-corrected chi connectivity index (χ0v) is 11.7. The van der Waals surface area contributed by atoms with Gasteiger partial charge < -0.3 is 0 Å². The number of allylic oxidation sites excluding steroid dienone is 1. The second-order valence-corrected chi connectivity index (χ2v) is 15.1. The fourth-order valence-corrected chi connectivity index (χ4v) is 3.72. The van der Waals surface area contributed by atoms with E-state index in [0.29, 0.717) is 0 Å². The van der Waals surface area contributed by atoms with Gasteiger partial charge in [0.05, 0.1) is 9.04 Å². The van der Waals surface area contributed by atoms with Gasteiger partial charge in [0.1, 0.15) is 0 Å². The summed E-state index contributed by atoms with van der Waals surface area (Å²) in [5.74, 6) is 0. The average molecular weight is 212 g/mol. The summed E-state index contributed by atoms with van der Waals surface area (Å²) in [5.41, 5.74) is 2.43. The first-order valence-electron chi connectivity index (χ1n) is 5.49. The SMILES string of the molecule is CCCCCC/C=C/[Si][Si](C)(C)C. The lowest BCUT2D eigenvalue weighted by Gasteiger charge is -2.10. The van der Waals surface area contributed by atoms with Crippen LogP contribution in [0, 0.1) is 0 Å². The fourth-order valence-electron chi connectivity index (χ4n) is 1.08. The molecule has 0 rings (SSSR count). The molecule has 0 aromatic carbocycles. The van der Waals surface area contributed by atoms with Crippen molar-refractivity contribution >= 4 is 16.6 Å². The number of unbranched alkanes of at least 4 members (excludes halogenated alkanes) is 4. The maximum absolute atomic E-state index is 2.44. The molecule has 2 heteroatoms. The van der Waals surface area contributed by atoms with Gasteiger partial charge in [-0.15, -0.1) is 5.70 Å². The number of hydrogen-bond donors (Lipinski definition) is 0. The van der Waals surface area contributed by atoms with Crippen molar-refractivity contribution in [3.63, 3.8) is 0 Å². The van der Waals surface area contributed by atoms with Gasteiger partial charge in [0.25, 0.3) is 0 Å². The van der Waals surface area contributed by atoms with E-state index in [1.807, 2.05) is 0 Å². The normalized spacial score (nSPS) is 12.6. The van der Waals surface area contributed by atoms with E-state index in [4.69, 9.17) is 0 Å². The summed E-state index contributed by atoms with van der Waals surface area (Å²) in [6.45, 7) is 9.58. The Kier molecular flexibility index (Phi) is 7.67. The number of hydrogen-bond acceptors (Lipinski definition) is 0. The highest BCUT2D eigenvalue weighted by molar-refractivity contribution is 7.24. The van der Waals surface area contributed by atoms with Gasteiger partial charge in [-0.05, 0) is 12.8 Å². The molecule has 0 spiro atoms. The largest absolute Gasteiger partial charge is 0.106 e. The smallest absolute Gasteiger partial charge is 0.0598 e. The van der Waals surface area contributed by atoms with Gasteiger partial charge in [-0.1, -0.05) is 51.9 Å². The zero-order valence-electron chi connectivity index (χ0n) is 9.69. The van der Waals surface area contributed by atoms with E-state index in [1.54, 1.807) is 0 Å². The third kappa shape index (κ3) is 12.2. The van der Waals surface area contributed by atoms with Crippen molar-refractivity contribution in [2.45, 2.75) is 58.7 Å². The highest BCUT2D eigenvalue weighted by atomic mass is 29.2. The third-order valence-electron chi connectivity index (χ3n) is 1.86. The molecule has 0 nitrogen and oxygen atoms in total. The van der Waals surface area contributed by atoms with E-state index < -0.39 is 7.59 Å². The Morgan fingerprint density at radius 1 is 1.08 bits per heavy atom. The van der Waals surface area contributed by atoms with Crippen molar-refractivity contribution < 1.29 is 0 Å². The van der Waals surface area contributed by atoms with Crippen LogP contribution in [0.3, 0.4) is 0 Å². The van der Waals surface area contributed by atoms with Gasteiger partial charge in [0.2, 0.25) is 0 Å². The predicted molar refractivity (Wildman–Crippen MR) is 67.0 cm³/mol. The van der Waals surface area contributed by atoms with Crippen molar-refractivity contribution in [2.24, 2.45) is 0 Å². The van der Waals surface area contributed by atoms with Gasteiger partial charge in [-0.2, -0.15) is 0 Å². The lowest BCUT2D eigenvalue weighted by molar-refractivity contribution is 0.674. The van der Waals surface area contributed by atoms with Crippen LogP contribution in [0.4, 0.5) is 0 Å². The molecule has 0 unspecified atom stereocenters. The summed E-state index contributed by atoms with van der Waals surface area (Å²) in [4.78, 5) is 0. The minimum absolute atomic E-state index is 0.792. The second-order valence-electron chi connectivity index (χ2n) is 4.65. The Hall–Kier alpha value is 0.174. The molecule has 0 aliphatic carbocycles. The van der Waals surface area contributed by atoms with Gasteiger partial charge in [0, 0.05) is 7.59 Å². The van der Waals surface area contributed by atoms with Gasteiger partial charge in [-0.25, -0.2) is 0 Å². The van der Waals surface area contributed by atoms with Crippen LogP contribution in [0.2, 0.25) is 19.6 Å². The first-order valence-corrected chi connectivity index (χ1v) is 11.1. The summed E-state index contributed by atoms with van der Waals surface area (Å²) >= 11 is 0. The molecule has 0 fully saturated rings. The minimum Gasteiger partial charge on any atom is -0.106 e. The van der Waals surface area contributed by atoms with Crippen LogP contribution in [0.15, 0.2) is 11.8 Å².